The van der Waals surface area contributed by atoms with Gasteiger partial charge in [0.1, 0.15) is 11.5 Å². The molecule has 2 rings (SSSR count). The fraction of sp³-hybridized carbons (Fsp3) is 0.381. The fourth-order valence-corrected chi connectivity index (χ4v) is 2.16. The highest BCUT2D eigenvalue weighted by Gasteiger charge is 2.05. The molecule has 3 nitrogen and oxygen atoms in total. The highest BCUT2D eigenvalue weighted by Crippen LogP contribution is 2.25. The lowest BCUT2D eigenvalue weighted by atomic mass is 10.2. The molecule has 0 bridgehead atoms. The molecule has 0 saturated carbocycles. The van der Waals surface area contributed by atoms with Crippen LogP contribution in [-0.4, -0.2) is 19.4 Å². The summed E-state index contributed by atoms with van der Waals surface area (Å²) < 4.78 is 11.7. The Morgan fingerprint density at radius 3 is 2.29 bits per heavy atom. The molecule has 0 fully saturated rings. The van der Waals surface area contributed by atoms with E-state index in [-0.39, 0.29) is 0 Å². The van der Waals surface area contributed by atoms with Crippen LogP contribution < -0.4 is 9.47 Å². The van der Waals surface area contributed by atoms with E-state index in [1.54, 1.807) is 0 Å². The molecule has 3 heteroatoms. The van der Waals surface area contributed by atoms with E-state index in [1.807, 2.05) is 54.7 Å². The summed E-state index contributed by atoms with van der Waals surface area (Å²) in [6, 6.07) is 15.9. The second-order valence-corrected chi connectivity index (χ2v) is 5.70. The molecule has 0 aromatic heterocycles. The van der Waals surface area contributed by atoms with Crippen LogP contribution in [0, 0.1) is 0 Å². The van der Waals surface area contributed by atoms with Gasteiger partial charge in [-0.3, -0.25) is 4.99 Å². The van der Waals surface area contributed by atoms with Gasteiger partial charge in [0.25, 0.3) is 0 Å². The molecule has 2 aromatic rings. The van der Waals surface area contributed by atoms with Crippen LogP contribution in [-0.2, 0) is 0 Å². The SMILES string of the molecule is CCCCOc1ccc(/C=N/c2ccccc2)c(OCCCC)c1. The molecule has 0 radical (unpaired) electrons. The first-order chi connectivity index (χ1) is 11.8. The van der Waals surface area contributed by atoms with Crippen molar-refractivity contribution in [2.24, 2.45) is 4.99 Å². The minimum Gasteiger partial charge on any atom is -0.493 e. The molecule has 2 aromatic carbocycles. The van der Waals surface area contributed by atoms with Gasteiger partial charge in [0.2, 0.25) is 0 Å². The van der Waals surface area contributed by atoms with Crippen LogP contribution in [0.3, 0.4) is 0 Å². The van der Waals surface area contributed by atoms with E-state index in [0.717, 1.165) is 55.0 Å². The van der Waals surface area contributed by atoms with Gasteiger partial charge in [-0.15, -0.1) is 0 Å². The van der Waals surface area contributed by atoms with Crippen molar-refractivity contribution in [2.75, 3.05) is 13.2 Å². The number of ether oxygens (including phenoxy) is 2. The average molecular weight is 325 g/mol. The fourth-order valence-electron chi connectivity index (χ4n) is 2.16. The van der Waals surface area contributed by atoms with E-state index in [1.165, 1.54) is 0 Å². The number of unbranched alkanes of at least 4 members (excludes halogenated alkanes) is 2. The number of benzene rings is 2. The lowest BCUT2D eigenvalue weighted by Gasteiger charge is -2.12. The van der Waals surface area contributed by atoms with Gasteiger partial charge >= 0.3 is 0 Å². The van der Waals surface area contributed by atoms with Gasteiger partial charge in [0.05, 0.1) is 18.9 Å². The number of rotatable bonds is 10. The molecule has 0 atom stereocenters. The van der Waals surface area contributed by atoms with Gasteiger partial charge < -0.3 is 9.47 Å². The van der Waals surface area contributed by atoms with Gasteiger partial charge in [-0.2, -0.15) is 0 Å². The molecular weight excluding hydrogens is 298 g/mol. The summed E-state index contributed by atoms with van der Waals surface area (Å²) in [7, 11) is 0. The predicted molar refractivity (Wildman–Crippen MR) is 101 cm³/mol. The van der Waals surface area contributed by atoms with Crippen LogP contribution in [0.4, 0.5) is 5.69 Å². The van der Waals surface area contributed by atoms with Crippen molar-refractivity contribution < 1.29 is 9.47 Å². The van der Waals surface area contributed by atoms with Crippen molar-refractivity contribution in [3.05, 3.63) is 54.1 Å². The first-order valence-corrected chi connectivity index (χ1v) is 8.82. The third-order valence-electron chi connectivity index (χ3n) is 3.62. The Bertz CT molecular complexity index is 623. The smallest absolute Gasteiger partial charge is 0.131 e. The summed E-state index contributed by atoms with van der Waals surface area (Å²) in [5, 5.41) is 0. The van der Waals surface area contributed by atoms with Gasteiger partial charge in [-0.05, 0) is 37.1 Å². The second-order valence-electron chi connectivity index (χ2n) is 5.70. The average Bonchev–Trinajstić information content (AvgIpc) is 2.62. The summed E-state index contributed by atoms with van der Waals surface area (Å²) in [4.78, 5) is 4.52. The van der Waals surface area contributed by atoms with Crippen molar-refractivity contribution in [1.29, 1.82) is 0 Å². The molecule has 0 N–H and O–H groups in total. The summed E-state index contributed by atoms with van der Waals surface area (Å²) >= 11 is 0. The number of nitrogens with zero attached hydrogens (tertiary/aromatic N) is 1. The van der Waals surface area contributed by atoms with Crippen molar-refractivity contribution in [2.45, 2.75) is 39.5 Å². The molecule has 0 heterocycles. The Balaban J connectivity index is 2.13. The zero-order chi connectivity index (χ0) is 17.0. The molecule has 0 aliphatic rings. The summed E-state index contributed by atoms with van der Waals surface area (Å²) in [6.45, 7) is 5.76. The maximum atomic E-state index is 5.94. The maximum absolute atomic E-state index is 5.94. The van der Waals surface area contributed by atoms with Gasteiger partial charge in [-0.25, -0.2) is 0 Å². The number of hydrogen-bond donors (Lipinski definition) is 0. The van der Waals surface area contributed by atoms with Crippen LogP contribution in [0.2, 0.25) is 0 Å². The molecule has 0 aliphatic carbocycles. The molecule has 0 aliphatic heterocycles. The Kier molecular flexibility index (Phi) is 7.88. The summed E-state index contributed by atoms with van der Waals surface area (Å²) in [6.07, 6.45) is 6.19. The highest BCUT2D eigenvalue weighted by atomic mass is 16.5. The van der Waals surface area contributed by atoms with Gasteiger partial charge in [0.15, 0.2) is 0 Å². The van der Waals surface area contributed by atoms with E-state index in [9.17, 15) is 0 Å². The first-order valence-electron chi connectivity index (χ1n) is 8.82. The largest absolute Gasteiger partial charge is 0.493 e. The maximum Gasteiger partial charge on any atom is 0.131 e. The van der Waals surface area contributed by atoms with Crippen LogP contribution in [0.15, 0.2) is 53.5 Å². The second kappa shape index (κ2) is 10.5. The van der Waals surface area contributed by atoms with E-state index < -0.39 is 0 Å². The number of hydrogen-bond acceptors (Lipinski definition) is 3. The monoisotopic (exact) mass is 325 g/mol. The van der Waals surface area contributed by atoms with Crippen molar-refractivity contribution in [3.63, 3.8) is 0 Å². The standard InChI is InChI=1S/C21H27NO2/c1-3-5-14-23-20-13-12-18(21(16-20)24-15-6-4-2)17-22-19-10-8-7-9-11-19/h7-13,16-17H,3-6,14-15H2,1-2H3/b22-17+. The number of aliphatic imine (C=N–C) groups is 1. The lowest BCUT2D eigenvalue weighted by Crippen LogP contribution is -2.02. The Morgan fingerprint density at radius 2 is 1.58 bits per heavy atom. The third kappa shape index (κ3) is 6.07. The van der Waals surface area contributed by atoms with E-state index in [0.29, 0.717) is 6.61 Å². The van der Waals surface area contributed by atoms with Crippen molar-refractivity contribution in [1.82, 2.24) is 0 Å². The third-order valence-corrected chi connectivity index (χ3v) is 3.62. The van der Waals surface area contributed by atoms with E-state index >= 15 is 0 Å². The van der Waals surface area contributed by atoms with Crippen molar-refractivity contribution in [3.8, 4) is 11.5 Å². The predicted octanol–water partition coefficient (Wildman–Crippen LogP) is 5.80. The highest BCUT2D eigenvalue weighted by molar-refractivity contribution is 5.85. The zero-order valence-corrected chi connectivity index (χ0v) is 14.7. The van der Waals surface area contributed by atoms with Crippen LogP contribution in [0.1, 0.15) is 45.1 Å². The normalized spacial score (nSPS) is 10.9. The Hall–Kier alpha value is -2.29. The Labute approximate surface area is 145 Å². The van der Waals surface area contributed by atoms with E-state index in [4.69, 9.17) is 9.47 Å². The molecule has 0 spiro atoms. The lowest BCUT2D eigenvalue weighted by molar-refractivity contribution is 0.294. The van der Waals surface area contributed by atoms with Crippen molar-refractivity contribution >= 4 is 11.9 Å². The number of para-hydroxylation sites is 1. The van der Waals surface area contributed by atoms with Crippen LogP contribution >= 0.6 is 0 Å². The summed E-state index contributed by atoms with van der Waals surface area (Å²) in [5.74, 6) is 1.68. The molecule has 0 saturated heterocycles. The minimum atomic E-state index is 0.709. The Morgan fingerprint density at radius 1 is 0.875 bits per heavy atom. The topological polar surface area (TPSA) is 30.8 Å². The molecule has 0 unspecified atom stereocenters. The minimum absolute atomic E-state index is 0.709. The summed E-state index contributed by atoms with van der Waals surface area (Å²) in [5.41, 5.74) is 1.90. The van der Waals surface area contributed by atoms with Gasteiger partial charge in [-0.1, -0.05) is 44.9 Å². The molecule has 0 amide bonds. The molecule has 24 heavy (non-hydrogen) atoms. The van der Waals surface area contributed by atoms with Crippen LogP contribution in [0.5, 0.6) is 11.5 Å². The zero-order valence-electron chi connectivity index (χ0n) is 14.7. The van der Waals surface area contributed by atoms with E-state index in [2.05, 4.69) is 18.8 Å². The molecular formula is C21H27NO2. The quantitative estimate of drug-likeness (QED) is 0.408. The van der Waals surface area contributed by atoms with Crippen LogP contribution in [0.25, 0.3) is 0 Å². The van der Waals surface area contributed by atoms with Gasteiger partial charge in [0, 0.05) is 17.8 Å². The molecule has 128 valence electrons. The first kappa shape index (κ1) is 18.1.